The first kappa shape index (κ1) is 66.3. The van der Waals surface area contributed by atoms with E-state index in [0.29, 0.717) is 0 Å². The highest BCUT2D eigenvalue weighted by Gasteiger charge is 2.26. The predicted molar refractivity (Wildman–Crippen MR) is 485 cm³/mol. The highest BCUT2D eigenvalue weighted by Crippen LogP contribution is 2.50. The highest BCUT2D eigenvalue weighted by atomic mass is 16.3. The third kappa shape index (κ3) is 11.1. The third-order valence-corrected chi connectivity index (χ3v) is 23.6. The molecule has 19 aromatic carbocycles. The summed E-state index contributed by atoms with van der Waals surface area (Å²) in [5.41, 5.74) is 30.4. The molecule has 0 atom stereocenters. The van der Waals surface area contributed by atoms with Crippen LogP contribution in [0.15, 0.2) is 432 Å². The number of rotatable bonds is 14. The van der Waals surface area contributed by atoms with Crippen molar-refractivity contribution in [2.45, 2.75) is 0 Å². The van der Waals surface area contributed by atoms with Gasteiger partial charge in [0.1, 0.15) is 33.5 Å². The van der Waals surface area contributed by atoms with E-state index >= 15 is 0 Å². The molecular weight excluding hydrogens is 1410 g/mol. The summed E-state index contributed by atoms with van der Waals surface area (Å²) < 4.78 is 22.2. The summed E-state index contributed by atoms with van der Waals surface area (Å²) in [6.07, 6.45) is 0. The van der Waals surface area contributed by atoms with Crippen molar-refractivity contribution in [3.05, 3.63) is 419 Å². The fourth-order valence-corrected chi connectivity index (χ4v) is 18.2. The number of benzene rings is 19. The zero-order chi connectivity index (χ0) is 76.3. The van der Waals surface area contributed by atoms with Gasteiger partial charge in [0.15, 0.2) is 0 Å². The second-order valence-electron chi connectivity index (χ2n) is 30.2. The Kier molecular flexibility index (Phi) is 15.5. The van der Waals surface area contributed by atoms with Gasteiger partial charge in [-0.25, -0.2) is 0 Å². The van der Waals surface area contributed by atoms with Crippen molar-refractivity contribution in [2.75, 3.05) is 9.80 Å². The lowest BCUT2D eigenvalue weighted by Crippen LogP contribution is -2.11. The standard InChI is InChI=1S/C110H69N3O3/c1-2-28-85-72(21-1)22-17-35-86(85)79-26-16-27-84(66-79)112(81-57-51-71(52-58-81)77-53-63-93-92-33-7-13-43-103(92)116-108(93)69-77)100-40-10-6-32-91(100)95-38-20-46-107-110(95)98-68-76(54-64-105(98)115-107)75-48-47-73-23-18-36-87(97(73)67-75)78-25-15-24-74(65-78)70-49-55-80(56-50-70)111(82-59-61-83(62-60-82)113-101-41-11-3-29-88(101)89-30-4-12-42-102(89)113)99-39-9-5-31-90(99)94-37-19-45-106-109(94)96-34-8-14-44-104(96)114-106/h1-69H. The molecular formula is C110H69N3O3. The lowest BCUT2D eigenvalue weighted by atomic mass is 9.92. The van der Waals surface area contributed by atoms with Crippen LogP contribution in [0.2, 0.25) is 0 Å². The van der Waals surface area contributed by atoms with Crippen molar-refractivity contribution in [1.82, 2.24) is 4.57 Å². The maximum absolute atomic E-state index is 6.88. The van der Waals surface area contributed by atoms with Gasteiger partial charge in [-0.2, -0.15) is 0 Å². The Morgan fingerprint density at radius 1 is 0.181 bits per heavy atom. The fraction of sp³-hybridized carbons (Fsp3) is 0. The third-order valence-electron chi connectivity index (χ3n) is 23.6. The van der Waals surface area contributed by atoms with Gasteiger partial charge in [0.2, 0.25) is 0 Å². The number of hydrogen-bond acceptors (Lipinski definition) is 5. The highest BCUT2D eigenvalue weighted by molar-refractivity contribution is 6.17. The smallest absolute Gasteiger partial charge is 0.136 e. The minimum Gasteiger partial charge on any atom is -0.456 e. The number of anilines is 6. The van der Waals surface area contributed by atoms with E-state index in [0.717, 1.165) is 178 Å². The van der Waals surface area contributed by atoms with Crippen molar-refractivity contribution in [3.8, 4) is 83.6 Å². The van der Waals surface area contributed by atoms with Crippen molar-refractivity contribution in [1.29, 1.82) is 0 Å². The SMILES string of the molecule is c1cc(-c2ccc(N(c3ccc(-n4c5ccccc5c5ccccc54)cc3)c3ccccc3-c3cccc4oc5ccccc5c34)cc2)cc(-c2cccc3ccc(-c4ccc5oc6cccc(-c7ccccc7N(c7ccc(-c8ccc9c(c8)oc8ccccc89)cc7)c7cccc(-c8cccc9ccccc89)c7)c6c5c4)cc23)c1. The molecule has 0 amide bonds. The molecule has 0 saturated carbocycles. The molecule has 0 N–H and O–H groups in total. The van der Waals surface area contributed by atoms with Gasteiger partial charge in [-0.15, -0.1) is 0 Å². The monoisotopic (exact) mass is 1480 g/mol. The molecule has 0 spiro atoms. The zero-order valence-corrected chi connectivity index (χ0v) is 62.9. The Morgan fingerprint density at radius 3 is 1.23 bits per heavy atom. The van der Waals surface area contributed by atoms with Gasteiger partial charge >= 0.3 is 0 Å². The van der Waals surface area contributed by atoms with E-state index in [2.05, 4.69) is 415 Å². The zero-order valence-electron chi connectivity index (χ0n) is 62.9. The van der Waals surface area contributed by atoms with E-state index in [4.69, 9.17) is 13.3 Å². The lowest BCUT2D eigenvalue weighted by Gasteiger charge is -2.28. The molecule has 23 rings (SSSR count). The summed E-state index contributed by atoms with van der Waals surface area (Å²) >= 11 is 0. The molecule has 0 radical (unpaired) electrons. The van der Waals surface area contributed by atoms with Crippen LogP contribution >= 0.6 is 0 Å². The molecule has 23 aromatic rings. The van der Waals surface area contributed by atoms with Crippen molar-refractivity contribution >= 4 is 143 Å². The van der Waals surface area contributed by atoms with E-state index in [-0.39, 0.29) is 0 Å². The average molecular weight is 1480 g/mol. The molecule has 0 saturated heterocycles. The summed E-state index contributed by atoms with van der Waals surface area (Å²) in [7, 11) is 0. The molecule has 4 heterocycles. The van der Waals surface area contributed by atoms with Crippen molar-refractivity contribution in [3.63, 3.8) is 0 Å². The molecule has 0 aliphatic carbocycles. The maximum Gasteiger partial charge on any atom is 0.136 e. The molecule has 542 valence electrons. The van der Waals surface area contributed by atoms with E-state index < -0.39 is 0 Å². The van der Waals surface area contributed by atoms with Crippen LogP contribution in [0.3, 0.4) is 0 Å². The number of aromatic nitrogens is 1. The Bertz CT molecular complexity index is 7790. The summed E-state index contributed by atoms with van der Waals surface area (Å²) in [6.45, 7) is 0. The van der Waals surface area contributed by atoms with E-state index in [9.17, 15) is 0 Å². The first-order chi connectivity index (χ1) is 57.5. The molecule has 0 bridgehead atoms. The molecule has 116 heavy (non-hydrogen) atoms. The molecule has 4 aromatic heterocycles. The van der Waals surface area contributed by atoms with Gasteiger partial charge < -0.3 is 27.6 Å². The second-order valence-corrected chi connectivity index (χ2v) is 30.2. The van der Waals surface area contributed by atoms with Gasteiger partial charge in [-0.1, -0.05) is 273 Å². The summed E-state index contributed by atoms with van der Waals surface area (Å²) in [6, 6.07) is 152. The Hall–Kier alpha value is -15.5. The lowest BCUT2D eigenvalue weighted by molar-refractivity contribution is 0.668. The number of nitrogens with zero attached hydrogens (tertiary/aromatic N) is 3. The average Bonchev–Trinajstić information content (AvgIpc) is 1.55. The predicted octanol–water partition coefficient (Wildman–Crippen LogP) is 31.4. The molecule has 0 fully saturated rings. The van der Waals surface area contributed by atoms with Crippen LogP contribution in [0, 0.1) is 0 Å². The van der Waals surface area contributed by atoms with Crippen LogP contribution in [0.5, 0.6) is 0 Å². The summed E-state index contributed by atoms with van der Waals surface area (Å²) in [5.74, 6) is 0. The minimum absolute atomic E-state index is 0.827. The van der Waals surface area contributed by atoms with Crippen molar-refractivity contribution < 1.29 is 13.3 Å². The number of para-hydroxylation sites is 6. The van der Waals surface area contributed by atoms with Crippen molar-refractivity contribution in [2.24, 2.45) is 0 Å². The topological polar surface area (TPSA) is 50.8 Å². The van der Waals surface area contributed by atoms with Gasteiger partial charge in [0.25, 0.3) is 0 Å². The second kappa shape index (κ2) is 27.2. The van der Waals surface area contributed by atoms with E-state index in [1.807, 2.05) is 18.2 Å². The first-order valence-electron chi connectivity index (χ1n) is 39.6. The minimum atomic E-state index is 0.827. The van der Waals surface area contributed by atoms with Gasteiger partial charge in [-0.05, 0) is 234 Å². The molecule has 0 aliphatic heterocycles. The Balaban J connectivity index is 0.597. The largest absolute Gasteiger partial charge is 0.456 e. The van der Waals surface area contributed by atoms with E-state index in [1.54, 1.807) is 0 Å². The van der Waals surface area contributed by atoms with Gasteiger partial charge in [0, 0.05) is 82.7 Å². The van der Waals surface area contributed by atoms with Crippen LogP contribution in [-0.4, -0.2) is 4.57 Å². The van der Waals surface area contributed by atoms with Crippen LogP contribution in [-0.2, 0) is 0 Å². The molecule has 0 unspecified atom stereocenters. The van der Waals surface area contributed by atoms with Crippen LogP contribution in [0.25, 0.3) is 193 Å². The number of furan rings is 3. The van der Waals surface area contributed by atoms with Crippen LogP contribution in [0.4, 0.5) is 34.1 Å². The quantitative estimate of drug-likeness (QED) is 0.109. The molecule has 0 aliphatic rings. The first-order valence-corrected chi connectivity index (χ1v) is 39.6. The molecule has 6 heteroatoms. The van der Waals surface area contributed by atoms with Crippen LogP contribution in [0.1, 0.15) is 0 Å². The van der Waals surface area contributed by atoms with E-state index in [1.165, 1.54) is 48.9 Å². The summed E-state index contributed by atoms with van der Waals surface area (Å²) in [4.78, 5) is 4.82. The number of hydrogen-bond donors (Lipinski definition) is 0. The summed E-state index contributed by atoms with van der Waals surface area (Å²) in [5, 5.41) is 13.8. The normalized spacial score (nSPS) is 11.8. The Labute approximate surface area is 668 Å². The molecule has 6 nitrogen and oxygen atoms in total. The van der Waals surface area contributed by atoms with Gasteiger partial charge in [0.05, 0.1) is 22.4 Å². The Morgan fingerprint density at radius 2 is 0.569 bits per heavy atom. The van der Waals surface area contributed by atoms with Crippen LogP contribution < -0.4 is 9.80 Å². The fourth-order valence-electron chi connectivity index (χ4n) is 18.2. The van der Waals surface area contributed by atoms with Gasteiger partial charge in [-0.3, -0.25) is 0 Å². The number of fused-ring (bicyclic) bond motifs is 14. The maximum atomic E-state index is 6.88.